The molecule has 72 valence electrons. The summed E-state index contributed by atoms with van der Waals surface area (Å²) in [6, 6.07) is 7.17. The minimum absolute atomic E-state index is 0.0353. The first-order valence-corrected chi connectivity index (χ1v) is 5.09. The van der Waals surface area contributed by atoms with Gasteiger partial charge in [-0.1, -0.05) is 18.2 Å². The number of nitrogens with zero attached hydrogens (tertiary/aromatic N) is 1. The zero-order valence-electron chi connectivity index (χ0n) is 7.56. The quantitative estimate of drug-likeness (QED) is 0.599. The van der Waals surface area contributed by atoms with Crippen LogP contribution in [0, 0.1) is 10.7 Å². The second-order valence-corrected chi connectivity index (χ2v) is 3.47. The normalized spacial score (nSPS) is 9.43. The Morgan fingerprint density at radius 3 is 3.00 bits per heavy atom. The van der Waals surface area contributed by atoms with Crippen molar-refractivity contribution in [1.82, 2.24) is 0 Å². The van der Waals surface area contributed by atoms with Gasteiger partial charge in [0.25, 0.3) is 0 Å². The number of nitriles is 1. The average Bonchev–Trinajstić information content (AvgIpc) is 2.26. The number of nitrogens with two attached hydrogens (primary N) is 1. The van der Waals surface area contributed by atoms with E-state index in [1.807, 2.05) is 11.5 Å². The lowest BCUT2D eigenvalue weighted by molar-refractivity contribution is 0.102. The van der Waals surface area contributed by atoms with Crippen molar-refractivity contribution in [3.05, 3.63) is 35.4 Å². The predicted octanol–water partition coefficient (Wildman–Crippen LogP) is 1.54. The fraction of sp³-hybridized carbons (Fsp3) is 0.200. The van der Waals surface area contributed by atoms with Crippen LogP contribution in [0.5, 0.6) is 0 Å². The molecule has 0 aliphatic rings. The molecule has 3 nitrogen and oxygen atoms in total. The van der Waals surface area contributed by atoms with Gasteiger partial charge in [-0.15, -0.1) is 0 Å². The fourth-order valence-electron chi connectivity index (χ4n) is 1.05. The smallest absolute Gasteiger partial charge is 0.173 e. The van der Waals surface area contributed by atoms with E-state index in [9.17, 15) is 4.79 Å². The maximum atomic E-state index is 11.5. The zero-order chi connectivity index (χ0) is 10.4. The van der Waals surface area contributed by atoms with Crippen molar-refractivity contribution < 1.29 is 4.79 Å². The number of hydrogen-bond acceptors (Lipinski definition) is 4. The summed E-state index contributed by atoms with van der Waals surface area (Å²) < 4.78 is 0. The zero-order valence-corrected chi connectivity index (χ0v) is 8.38. The third-order valence-corrected chi connectivity index (χ3v) is 2.29. The van der Waals surface area contributed by atoms with Crippen LogP contribution in [0.3, 0.4) is 0 Å². The molecule has 0 unspecified atom stereocenters. The van der Waals surface area contributed by atoms with Crippen LogP contribution < -0.4 is 5.73 Å². The Labute approximate surface area is 86.9 Å². The van der Waals surface area contributed by atoms with Gasteiger partial charge in [-0.3, -0.25) is 4.79 Å². The topological polar surface area (TPSA) is 66.9 Å². The standard InChI is InChI=1S/C10H10N2OS/c11-5-8-2-1-3-9(4-8)10(13)6-14-7-12/h1-4H,5-6,11H2. The molecule has 0 spiro atoms. The number of thioether (sulfide) groups is 1. The van der Waals surface area contributed by atoms with Gasteiger partial charge in [0.15, 0.2) is 5.78 Å². The first-order valence-electron chi connectivity index (χ1n) is 4.11. The summed E-state index contributed by atoms with van der Waals surface area (Å²) >= 11 is 0.949. The van der Waals surface area contributed by atoms with Crippen molar-refractivity contribution in [2.24, 2.45) is 5.73 Å². The van der Waals surface area contributed by atoms with E-state index in [2.05, 4.69) is 0 Å². The van der Waals surface area contributed by atoms with E-state index in [0.29, 0.717) is 12.1 Å². The molecule has 0 fully saturated rings. The number of benzene rings is 1. The molecule has 0 aliphatic heterocycles. The molecule has 0 aromatic heterocycles. The molecule has 0 heterocycles. The van der Waals surface area contributed by atoms with Gasteiger partial charge in [0.05, 0.1) is 5.75 Å². The summed E-state index contributed by atoms with van der Waals surface area (Å²) in [5.41, 5.74) is 7.00. The highest BCUT2D eigenvalue weighted by Crippen LogP contribution is 2.08. The van der Waals surface area contributed by atoms with Gasteiger partial charge in [-0.25, -0.2) is 0 Å². The van der Waals surface area contributed by atoms with Crippen LogP contribution in [0.2, 0.25) is 0 Å². The van der Waals surface area contributed by atoms with Gasteiger partial charge in [0.2, 0.25) is 0 Å². The van der Waals surface area contributed by atoms with Crippen LogP contribution in [0.1, 0.15) is 15.9 Å². The highest BCUT2D eigenvalue weighted by atomic mass is 32.2. The van der Waals surface area contributed by atoms with Gasteiger partial charge < -0.3 is 5.73 Å². The van der Waals surface area contributed by atoms with E-state index >= 15 is 0 Å². The fourth-order valence-corrected chi connectivity index (χ4v) is 1.42. The van der Waals surface area contributed by atoms with Gasteiger partial charge in [0.1, 0.15) is 5.40 Å². The van der Waals surface area contributed by atoms with Gasteiger partial charge >= 0.3 is 0 Å². The Morgan fingerprint density at radius 2 is 2.36 bits per heavy atom. The van der Waals surface area contributed by atoms with Crippen molar-refractivity contribution >= 4 is 17.5 Å². The van der Waals surface area contributed by atoms with Gasteiger partial charge in [-0.05, 0) is 23.4 Å². The van der Waals surface area contributed by atoms with Crippen molar-refractivity contribution in [1.29, 1.82) is 5.26 Å². The average molecular weight is 206 g/mol. The molecule has 0 saturated heterocycles. The van der Waals surface area contributed by atoms with E-state index < -0.39 is 0 Å². The Kier molecular flexibility index (Phi) is 4.17. The maximum absolute atomic E-state index is 11.5. The maximum Gasteiger partial charge on any atom is 0.173 e. The number of carbonyl (C=O) groups is 1. The summed E-state index contributed by atoms with van der Waals surface area (Å²) in [4.78, 5) is 11.5. The molecule has 0 bridgehead atoms. The largest absolute Gasteiger partial charge is 0.326 e. The van der Waals surface area contributed by atoms with Crippen LogP contribution in [0.4, 0.5) is 0 Å². The van der Waals surface area contributed by atoms with E-state index in [-0.39, 0.29) is 11.5 Å². The molecule has 0 aliphatic carbocycles. The monoisotopic (exact) mass is 206 g/mol. The number of carbonyl (C=O) groups excluding carboxylic acids is 1. The lowest BCUT2D eigenvalue weighted by atomic mass is 10.1. The lowest BCUT2D eigenvalue weighted by Gasteiger charge is -2.00. The van der Waals surface area contributed by atoms with E-state index in [1.54, 1.807) is 18.2 Å². The van der Waals surface area contributed by atoms with Crippen molar-refractivity contribution in [3.8, 4) is 5.40 Å². The SMILES string of the molecule is N#CSCC(=O)c1cccc(CN)c1. The number of hydrogen-bond donors (Lipinski definition) is 1. The number of Topliss-reactive ketones (excluding diaryl/α,β-unsaturated/α-hetero) is 1. The van der Waals surface area contributed by atoms with Gasteiger partial charge in [-0.2, -0.15) is 5.26 Å². The second-order valence-electron chi connectivity index (χ2n) is 2.71. The minimum Gasteiger partial charge on any atom is -0.326 e. The van der Waals surface area contributed by atoms with E-state index in [0.717, 1.165) is 17.3 Å². The molecule has 1 rings (SSSR count). The Balaban J connectivity index is 2.75. The van der Waals surface area contributed by atoms with Crippen molar-refractivity contribution in [2.45, 2.75) is 6.54 Å². The molecule has 4 heteroatoms. The summed E-state index contributed by atoms with van der Waals surface area (Å²) in [6.45, 7) is 0.423. The molecule has 0 atom stereocenters. The second kappa shape index (κ2) is 5.43. The molecule has 1 aromatic rings. The highest BCUT2D eigenvalue weighted by Gasteiger charge is 2.05. The molecule has 2 N–H and O–H groups in total. The summed E-state index contributed by atoms with van der Waals surface area (Å²) in [5, 5.41) is 10.2. The van der Waals surface area contributed by atoms with Crippen LogP contribution >= 0.6 is 11.8 Å². The molecule has 0 radical (unpaired) electrons. The van der Waals surface area contributed by atoms with E-state index in [4.69, 9.17) is 11.0 Å². The Bertz CT molecular complexity index is 371. The number of rotatable bonds is 4. The molecule has 0 amide bonds. The van der Waals surface area contributed by atoms with Crippen LogP contribution in [-0.2, 0) is 6.54 Å². The third-order valence-electron chi connectivity index (χ3n) is 1.75. The molecule has 0 saturated carbocycles. The van der Waals surface area contributed by atoms with Gasteiger partial charge in [0, 0.05) is 12.1 Å². The first-order chi connectivity index (χ1) is 6.77. The number of ketones is 1. The van der Waals surface area contributed by atoms with Crippen molar-refractivity contribution in [2.75, 3.05) is 5.75 Å². The highest BCUT2D eigenvalue weighted by molar-refractivity contribution is 8.04. The minimum atomic E-state index is -0.0353. The molecule has 1 aromatic carbocycles. The lowest BCUT2D eigenvalue weighted by Crippen LogP contribution is -2.04. The first kappa shape index (κ1) is 10.8. The van der Waals surface area contributed by atoms with Crippen LogP contribution in [-0.4, -0.2) is 11.5 Å². The number of thiocyanates is 1. The molecular formula is C10H10N2OS. The Morgan fingerprint density at radius 1 is 1.57 bits per heavy atom. The Hall–Kier alpha value is -1.31. The summed E-state index contributed by atoms with van der Waals surface area (Å²) in [7, 11) is 0. The third kappa shape index (κ3) is 2.87. The summed E-state index contributed by atoms with van der Waals surface area (Å²) in [6.07, 6.45) is 0. The van der Waals surface area contributed by atoms with Crippen LogP contribution in [0.15, 0.2) is 24.3 Å². The predicted molar refractivity (Wildman–Crippen MR) is 56.7 cm³/mol. The van der Waals surface area contributed by atoms with E-state index in [1.165, 1.54) is 0 Å². The van der Waals surface area contributed by atoms with Crippen molar-refractivity contribution in [3.63, 3.8) is 0 Å². The molecule has 14 heavy (non-hydrogen) atoms. The summed E-state index contributed by atoms with van der Waals surface area (Å²) in [5.74, 6) is 0.164. The van der Waals surface area contributed by atoms with Crippen LogP contribution in [0.25, 0.3) is 0 Å². The molecular weight excluding hydrogens is 196 g/mol.